The Bertz CT molecular complexity index is 1560. The molecule has 1 aromatic rings. The Morgan fingerprint density at radius 2 is 1.61 bits per heavy atom. The molecule has 7 nitrogen and oxygen atoms in total. The average Bonchev–Trinajstić information content (AvgIpc) is 3.34. The number of nitrogens with one attached hydrogen (secondary N) is 1. The number of aliphatic carboxylic acids is 1. The molecule has 4 saturated carbocycles. The molecule has 8 atom stereocenters. The number of ketones is 1. The van der Waals surface area contributed by atoms with Gasteiger partial charge in [0.25, 0.3) is 0 Å². The molecule has 0 saturated heterocycles. The standard InChI is InChI=1S/C44H66N2O5/c1-27(2)36-31(47)25-44(21-24-46-41(7,8)28-16-22-45-23-17-28)20-13-30-29(37(36)44)11-12-33-42(30,9)18-14-32-40(5,6)34(15-19-43(32,33)10)51-35(48)26-39(3,4)38(49)50/h16-17,22-23,27,29-30,32-34,46H,11-15,18-21,24-26H2,1-10H3,(H,49,50). The van der Waals surface area contributed by atoms with Crippen molar-refractivity contribution in [2.75, 3.05) is 6.54 Å². The second-order valence-corrected chi connectivity index (χ2v) is 20.1. The summed E-state index contributed by atoms with van der Waals surface area (Å²) in [5, 5.41) is 13.5. The molecule has 1 heterocycles. The third-order valence-electron chi connectivity index (χ3n) is 15.7. The third-order valence-corrected chi connectivity index (χ3v) is 15.7. The maximum Gasteiger partial charge on any atom is 0.309 e. The summed E-state index contributed by atoms with van der Waals surface area (Å²) in [6.07, 6.45) is 13.9. The molecule has 0 amide bonds. The predicted octanol–water partition coefficient (Wildman–Crippen LogP) is 9.30. The first-order chi connectivity index (χ1) is 23.7. The number of Topliss-reactive ketones (excluding diaryl/α,β-unsaturated/α-hetero) is 1. The van der Waals surface area contributed by atoms with Gasteiger partial charge in [-0.15, -0.1) is 0 Å². The van der Waals surface area contributed by atoms with Crippen molar-refractivity contribution in [2.24, 2.45) is 56.7 Å². The lowest BCUT2D eigenvalue weighted by molar-refractivity contribution is -0.213. The van der Waals surface area contributed by atoms with E-state index >= 15 is 0 Å². The molecule has 0 aliphatic heterocycles. The number of carboxylic acids is 1. The fraction of sp³-hybridized carbons (Fsp3) is 0.773. The van der Waals surface area contributed by atoms with Crippen LogP contribution in [-0.2, 0) is 24.7 Å². The summed E-state index contributed by atoms with van der Waals surface area (Å²) in [6, 6.07) is 4.19. The van der Waals surface area contributed by atoms with Crippen LogP contribution in [0.4, 0.5) is 0 Å². The van der Waals surface area contributed by atoms with Gasteiger partial charge in [-0.1, -0.05) is 47.1 Å². The number of rotatable bonds is 10. The first-order valence-corrected chi connectivity index (χ1v) is 20.1. The Balaban J connectivity index is 1.23. The number of nitrogens with zero attached hydrogens (tertiary/aromatic N) is 1. The summed E-state index contributed by atoms with van der Waals surface area (Å²) in [5.41, 5.74) is 2.73. The number of carbonyl (C=O) groups is 3. The van der Waals surface area contributed by atoms with E-state index < -0.39 is 17.4 Å². The van der Waals surface area contributed by atoms with Crippen LogP contribution in [0.1, 0.15) is 145 Å². The maximum atomic E-state index is 14.0. The lowest BCUT2D eigenvalue weighted by atomic mass is 9.36. The molecule has 5 aliphatic carbocycles. The first-order valence-electron chi connectivity index (χ1n) is 20.1. The normalized spacial score (nSPS) is 36.2. The van der Waals surface area contributed by atoms with E-state index in [4.69, 9.17) is 4.74 Å². The number of fused-ring (bicyclic) bond motifs is 7. The Hall–Kier alpha value is -2.54. The van der Waals surface area contributed by atoms with E-state index in [1.165, 1.54) is 24.8 Å². The molecule has 282 valence electrons. The van der Waals surface area contributed by atoms with E-state index in [0.29, 0.717) is 35.9 Å². The fourth-order valence-corrected chi connectivity index (χ4v) is 13.0. The third kappa shape index (κ3) is 6.33. The van der Waals surface area contributed by atoms with Gasteiger partial charge in [0, 0.05) is 35.2 Å². The number of carbonyl (C=O) groups excluding carboxylic acids is 2. The van der Waals surface area contributed by atoms with Gasteiger partial charge in [0.1, 0.15) is 6.10 Å². The quantitative estimate of drug-likeness (QED) is 0.234. The van der Waals surface area contributed by atoms with Gasteiger partial charge in [-0.05, 0) is 156 Å². The van der Waals surface area contributed by atoms with E-state index in [0.717, 1.165) is 50.6 Å². The van der Waals surface area contributed by atoms with Crippen molar-refractivity contribution in [2.45, 2.75) is 152 Å². The van der Waals surface area contributed by atoms with Crippen LogP contribution in [0.15, 0.2) is 35.7 Å². The molecule has 2 N–H and O–H groups in total. The molecule has 0 bridgehead atoms. The second kappa shape index (κ2) is 13.1. The summed E-state index contributed by atoms with van der Waals surface area (Å²) in [5.74, 6) is 1.34. The minimum Gasteiger partial charge on any atom is -0.481 e. The van der Waals surface area contributed by atoms with Crippen LogP contribution in [-0.4, -0.2) is 40.5 Å². The van der Waals surface area contributed by atoms with E-state index in [1.807, 2.05) is 12.4 Å². The van der Waals surface area contributed by atoms with Gasteiger partial charge in [0.05, 0.1) is 11.8 Å². The van der Waals surface area contributed by atoms with E-state index in [-0.39, 0.29) is 45.6 Å². The van der Waals surface area contributed by atoms with E-state index in [2.05, 4.69) is 77.8 Å². The van der Waals surface area contributed by atoms with Crippen LogP contribution >= 0.6 is 0 Å². The molecule has 4 fully saturated rings. The highest BCUT2D eigenvalue weighted by atomic mass is 16.5. The van der Waals surface area contributed by atoms with Crippen LogP contribution in [0, 0.1) is 56.7 Å². The summed E-state index contributed by atoms with van der Waals surface area (Å²) < 4.78 is 6.17. The molecule has 8 unspecified atom stereocenters. The van der Waals surface area contributed by atoms with Crippen molar-refractivity contribution < 1.29 is 24.2 Å². The molecule has 0 spiro atoms. The lowest BCUT2D eigenvalue weighted by Gasteiger charge is -2.69. The zero-order valence-electron chi connectivity index (χ0n) is 33.3. The van der Waals surface area contributed by atoms with Crippen molar-refractivity contribution in [3.63, 3.8) is 0 Å². The van der Waals surface area contributed by atoms with Gasteiger partial charge in [0.2, 0.25) is 0 Å². The highest BCUT2D eigenvalue weighted by Gasteiger charge is 2.66. The number of ether oxygens (including phenoxy) is 1. The van der Waals surface area contributed by atoms with Gasteiger partial charge in [-0.25, -0.2) is 0 Å². The van der Waals surface area contributed by atoms with Crippen LogP contribution in [0.3, 0.4) is 0 Å². The number of hydrogen-bond donors (Lipinski definition) is 2. The number of esters is 1. The van der Waals surface area contributed by atoms with Crippen LogP contribution in [0.5, 0.6) is 0 Å². The summed E-state index contributed by atoms with van der Waals surface area (Å²) >= 11 is 0. The monoisotopic (exact) mass is 702 g/mol. The molecular formula is C44H66N2O5. The zero-order valence-corrected chi connectivity index (χ0v) is 33.3. The fourth-order valence-electron chi connectivity index (χ4n) is 13.0. The number of pyridine rings is 1. The summed E-state index contributed by atoms with van der Waals surface area (Å²) in [4.78, 5) is 43.0. The molecule has 5 aliphatic rings. The van der Waals surface area contributed by atoms with E-state index in [9.17, 15) is 19.5 Å². The van der Waals surface area contributed by atoms with Gasteiger partial charge < -0.3 is 15.2 Å². The smallest absolute Gasteiger partial charge is 0.309 e. The SMILES string of the molecule is CC(C)C1=C2C3CCC4C(C)(CCC5C(C)(C)C(OC(=O)CC(C)(C)C(=O)O)CCC54C)C3CCC2(CCNC(C)(C)c2ccncc2)CC1=O. The number of aromatic nitrogens is 1. The molecule has 0 aromatic carbocycles. The number of hydrogen-bond acceptors (Lipinski definition) is 6. The topological polar surface area (TPSA) is 106 Å². The molecule has 51 heavy (non-hydrogen) atoms. The first kappa shape index (κ1) is 38.2. The number of carboxylic acid groups (broad SMARTS) is 1. The van der Waals surface area contributed by atoms with Crippen LogP contribution in [0.25, 0.3) is 0 Å². The Morgan fingerprint density at radius 1 is 0.941 bits per heavy atom. The highest BCUT2D eigenvalue weighted by molar-refractivity contribution is 6.00. The minimum atomic E-state index is -1.14. The summed E-state index contributed by atoms with van der Waals surface area (Å²) in [7, 11) is 0. The van der Waals surface area contributed by atoms with Crippen LogP contribution in [0.2, 0.25) is 0 Å². The van der Waals surface area contributed by atoms with Crippen molar-refractivity contribution in [3.05, 3.63) is 41.2 Å². The average molecular weight is 703 g/mol. The molecule has 7 heteroatoms. The maximum absolute atomic E-state index is 14.0. The predicted molar refractivity (Wildman–Crippen MR) is 201 cm³/mol. The highest BCUT2D eigenvalue weighted by Crippen LogP contribution is 2.73. The largest absolute Gasteiger partial charge is 0.481 e. The Morgan fingerprint density at radius 3 is 2.25 bits per heavy atom. The van der Waals surface area contributed by atoms with Crippen LogP contribution < -0.4 is 5.32 Å². The number of allylic oxidation sites excluding steroid dienone is 2. The van der Waals surface area contributed by atoms with Crippen molar-refractivity contribution >= 4 is 17.7 Å². The Labute approximate surface area is 307 Å². The van der Waals surface area contributed by atoms with Gasteiger partial charge in [0.15, 0.2) is 5.78 Å². The molecule has 0 radical (unpaired) electrons. The van der Waals surface area contributed by atoms with Crippen molar-refractivity contribution in [3.8, 4) is 0 Å². The van der Waals surface area contributed by atoms with Gasteiger partial charge >= 0.3 is 11.9 Å². The van der Waals surface area contributed by atoms with Gasteiger partial charge in [-0.2, -0.15) is 0 Å². The Kier molecular flexibility index (Phi) is 9.80. The van der Waals surface area contributed by atoms with Crippen molar-refractivity contribution in [1.82, 2.24) is 10.3 Å². The lowest BCUT2D eigenvalue weighted by Crippen LogP contribution is -2.63. The molecular weight excluding hydrogens is 636 g/mol. The van der Waals surface area contributed by atoms with E-state index in [1.54, 1.807) is 19.4 Å². The van der Waals surface area contributed by atoms with Gasteiger partial charge in [-0.3, -0.25) is 19.4 Å². The molecule has 1 aromatic heterocycles. The minimum absolute atomic E-state index is 0.0391. The molecule has 6 rings (SSSR count). The zero-order chi connectivity index (χ0) is 37.4. The second-order valence-electron chi connectivity index (χ2n) is 20.1. The van der Waals surface area contributed by atoms with Crippen molar-refractivity contribution in [1.29, 1.82) is 0 Å². The summed E-state index contributed by atoms with van der Waals surface area (Å²) in [6.45, 7) is 22.8.